The summed E-state index contributed by atoms with van der Waals surface area (Å²) in [5, 5.41) is 2.75. The highest BCUT2D eigenvalue weighted by atomic mass is 16.2. The van der Waals surface area contributed by atoms with E-state index in [0.717, 1.165) is 12.8 Å². The van der Waals surface area contributed by atoms with Gasteiger partial charge in [-0.05, 0) is 6.42 Å². The smallest absolute Gasteiger partial charge is 0.239 e. The molecule has 4 heteroatoms. The summed E-state index contributed by atoms with van der Waals surface area (Å²) >= 11 is 0. The maximum absolute atomic E-state index is 12.0. The molecular formula is C20H38N2O2. The van der Waals surface area contributed by atoms with Gasteiger partial charge in [-0.1, -0.05) is 84.0 Å². The Kier molecular flexibility index (Phi) is 12.5. The van der Waals surface area contributed by atoms with E-state index in [4.69, 9.17) is 0 Å². The van der Waals surface area contributed by atoms with Gasteiger partial charge in [-0.2, -0.15) is 0 Å². The highest BCUT2D eigenvalue weighted by molar-refractivity contribution is 5.85. The summed E-state index contributed by atoms with van der Waals surface area (Å²) in [4.78, 5) is 24.9. The molecule has 0 atom stereocenters. The fourth-order valence-corrected chi connectivity index (χ4v) is 3.30. The van der Waals surface area contributed by atoms with Crippen molar-refractivity contribution in [1.82, 2.24) is 10.2 Å². The summed E-state index contributed by atoms with van der Waals surface area (Å²) in [7, 11) is 0. The zero-order valence-corrected chi connectivity index (χ0v) is 15.8. The number of carbonyl (C=O) groups excluding carboxylic acids is 2. The highest BCUT2D eigenvalue weighted by Crippen LogP contribution is 2.13. The number of piperazine rings is 1. The van der Waals surface area contributed by atoms with E-state index in [2.05, 4.69) is 12.2 Å². The molecule has 1 N–H and O–H groups in total. The Hall–Kier alpha value is -1.06. The number of carbonyl (C=O) groups is 2. The monoisotopic (exact) mass is 338 g/mol. The Morgan fingerprint density at radius 3 is 1.88 bits per heavy atom. The third-order valence-electron chi connectivity index (χ3n) is 4.89. The van der Waals surface area contributed by atoms with Crippen LogP contribution in [0.1, 0.15) is 96.8 Å². The number of amides is 2. The van der Waals surface area contributed by atoms with Crippen LogP contribution in [0.2, 0.25) is 0 Å². The average Bonchev–Trinajstić information content (AvgIpc) is 2.59. The van der Waals surface area contributed by atoms with Crippen molar-refractivity contribution in [2.24, 2.45) is 0 Å². The van der Waals surface area contributed by atoms with Crippen molar-refractivity contribution < 1.29 is 9.59 Å². The lowest BCUT2D eigenvalue weighted by atomic mass is 10.0. The molecule has 4 nitrogen and oxygen atoms in total. The van der Waals surface area contributed by atoms with Crippen LogP contribution in [0, 0.1) is 0 Å². The van der Waals surface area contributed by atoms with Gasteiger partial charge < -0.3 is 10.2 Å². The topological polar surface area (TPSA) is 49.4 Å². The summed E-state index contributed by atoms with van der Waals surface area (Å²) in [5.41, 5.74) is 0. The van der Waals surface area contributed by atoms with Crippen LogP contribution in [0.15, 0.2) is 0 Å². The maximum Gasteiger partial charge on any atom is 0.239 e. The van der Waals surface area contributed by atoms with E-state index >= 15 is 0 Å². The van der Waals surface area contributed by atoms with Gasteiger partial charge in [-0.3, -0.25) is 9.59 Å². The molecule has 1 fully saturated rings. The molecule has 1 aliphatic rings. The lowest BCUT2D eigenvalue weighted by molar-refractivity contribution is -0.138. The zero-order valence-electron chi connectivity index (χ0n) is 15.8. The Morgan fingerprint density at radius 1 is 0.875 bits per heavy atom. The van der Waals surface area contributed by atoms with Gasteiger partial charge in [0.05, 0.1) is 6.54 Å². The predicted molar refractivity (Wildman–Crippen MR) is 99.9 cm³/mol. The number of rotatable bonds is 14. The SMILES string of the molecule is CCCCCCCCCCCCCCCC(=O)N1CCNC(=O)C1. The number of unbranched alkanes of at least 4 members (excludes halogenated alkanes) is 12. The molecule has 0 aromatic heterocycles. The van der Waals surface area contributed by atoms with Crippen LogP contribution in [0.25, 0.3) is 0 Å². The van der Waals surface area contributed by atoms with Crippen LogP contribution in [0.5, 0.6) is 0 Å². The molecule has 140 valence electrons. The largest absolute Gasteiger partial charge is 0.353 e. The van der Waals surface area contributed by atoms with E-state index < -0.39 is 0 Å². The highest BCUT2D eigenvalue weighted by Gasteiger charge is 2.20. The van der Waals surface area contributed by atoms with Gasteiger partial charge in [0, 0.05) is 19.5 Å². The van der Waals surface area contributed by atoms with E-state index in [1.165, 1.54) is 70.6 Å². The van der Waals surface area contributed by atoms with Gasteiger partial charge in [0.2, 0.25) is 11.8 Å². The van der Waals surface area contributed by atoms with Crippen molar-refractivity contribution >= 4 is 11.8 Å². The molecule has 0 unspecified atom stereocenters. The predicted octanol–water partition coefficient (Wildman–Crippen LogP) is 4.43. The number of hydrogen-bond donors (Lipinski definition) is 1. The second kappa shape index (κ2) is 14.3. The first-order valence-corrected chi connectivity index (χ1v) is 10.3. The van der Waals surface area contributed by atoms with Gasteiger partial charge >= 0.3 is 0 Å². The van der Waals surface area contributed by atoms with E-state index in [1.54, 1.807) is 4.90 Å². The number of nitrogens with zero attached hydrogens (tertiary/aromatic N) is 1. The van der Waals surface area contributed by atoms with Crippen LogP contribution in [-0.4, -0.2) is 36.3 Å². The fraction of sp³-hybridized carbons (Fsp3) is 0.900. The summed E-state index contributed by atoms with van der Waals surface area (Å²) in [6.45, 7) is 3.78. The third-order valence-corrected chi connectivity index (χ3v) is 4.89. The molecule has 0 spiro atoms. The normalized spacial score (nSPS) is 14.7. The van der Waals surface area contributed by atoms with Crippen molar-refractivity contribution in [3.63, 3.8) is 0 Å². The molecular weight excluding hydrogens is 300 g/mol. The summed E-state index contributed by atoms with van der Waals surface area (Å²) in [5.74, 6) is 0.118. The first-order chi connectivity index (χ1) is 11.7. The summed E-state index contributed by atoms with van der Waals surface area (Å²) in [6.07, 6.45) is 17.7. The maximum atomic E-state index is 12.0. The molecule has 0 aliphatic carbocycles. The van der Waals surface area contributed by atoms with E-state index in [0.29, 0.717) is 19.5 Å². The quantitative estimate of drug-likeness (QED) is 0.476. The molecule has 1 aliphatic heterocycles. The van der Waals surface area contributed by atoms with E-state index in [9.17, 15) is 9.59 Å². The van der Waals surface area contributed by atoms with Gasteiger partial charge in [0.25, 0.3) is 0 Å². The molecule has 0 aromatic rings. The fourth-order valence-electron chi connectivity index (χ4n) is 3.30. The number of hydrogen-bond acceptors (Lipinski definition) is 2. The molecule has 2 amide bonds. The summed E-state index contributed by atoms with van der Waals surface area (Å²) < 4.78 is 0. The second-order valence-electron chi connectivity index (χ2n) is 7.16. The van der Waals surface area contributed by atoms with Gasteiger partial charge in [-0.25, -0.2) is 0 Å². The minimum absolute atomic E-state index is 0.0278. The van der Waals surface area contributed by atoms with Gasteiger partial charge in [0.1, 0.15) is 0 Å². The minimum Gasteiger partial charge on any atom is -0.353 e. The lowest BCUT2D eigenvalue weighted by Crippen LogP contribution is -2.49. The van der Waals surface area contributed by atoms with Crippen molar-refractivity contribution in [2.75, 3.05) is 19.6 Å². The zero-order chi connectivity index (χ0) is 17.5. The first kappa shape index (κ1) is 21.0. The molecule has 0 aromatic carbocycles. The lowest BCUT2D eigenvalue weighted by Gasteiger charge is -2.26. The van der Waals surface area contributed by atoms with Gasteiger partial charge in [-0.15, -0.1) is 0 Å². The molecule has 1 heterocycles. The van der Waals surface area contributed by atoms with Crippen LogP contribution in [0.3, 0.4) is 0 Å². The van der Waals surface area contributed by atoms with Crippen LogP contribution in [0.4, 0.5) is 0 Å². The van der Waals surface area contributed by atoms with E-state index in [1.807, 2.05) is 0 Å². The van der Waals surface area contributed by atoms with E-state index in [-0.39, 0.29) is 18.4 Å². The van der Waals surface area contributed by atoms with Crippen molar-refractivity contribution in [3.05, 3.63) is 0 Å². The third kappa shape index (κ3) is 10.7. The number of nitrogens with one attached hydrogen (secondary N) is 1. The average molecular weight is 339 g/mol. The molecule has 0 saturated carbocycles. The Bertz CT molecular complexity index is 345. The molecule has 0 radical (unpaired) electrons. The van der Waals surface area contributed by atoms with Crippen LogP contribution in [-0.2, 0) is 9.59 Å². The minimum atomic E-state index is -0.0278. The molecule has 0 bridgehead atoms. The molecule has 1 saturated heterocycles. The van der Waals surface area contributed by atoms with Crippen molar-refractivity contribution in [2.45, 2.75) is 96.8 Å². The molecule has 1 rings (SSSR count). The van der Waals surface area contributed by atoms with Gasteiger partial charge in [0.15, 0.2) is 0 Å². The Balaban J connectivity index is 1.82. The van der Waals surface area contributed by atoms with Crippen LogP contribution < -0.4 is 5.32 Å². The first-order valence-electron chi connectivity index (χ1n) is 10.3. The molecule has 24 heavy (non-hydrogen) atoms. The van der Waals surface area contributed by atoms with Crippen molar-refractivity contribution in [3.8, 4) is 0 Å². The second-order valence-corrected chi connectivity index (χ2v) is 7.16. The Labute approximate surface area is 148 Å². The van der Waals surface area contributed by atoms with Crippen molar-refractivity contribution in [1.29, 1.82) is 0 Å². The standard InChI is InChI=1S/C20H38N2O2/c1-2-3-4-5-6-7-8-9-10-11-12-13-14-15-20(24)22-17-16-21-19(23)18-22/h2-18H2,1H3,(H,21,23). The van der Waals surface area contributed by atoms with Crippen LogP contribution >= 0.6 is 0 Å². The Morgan fingerprint density at radius 2 is 1.38 bits per heavy atom. The summed E-state index contributed by atoms with van der Waals surface area (Å²) in [6, 6.07) is 0.